The fourth-order valence-corrected chi connectivity index (χ4v) is 4.41. The normalized spacial score (nSPS) is 25.7. The number of likely N-dealkylation sites (N-methyl/N-ethyl adjacent to an activating group) is 1. The molecular formula is C20H30BrNO2. The molecule has 2 aliphatic rings. The Morgan fingerprint density at radius 3 is 2.29 bits per heavy atom. The van der Waals surface area contributed by atoms with Gasteiger partial charge in [-0.1, -0.05) is 43.2 Å². The zero-order chi connectivity index (χ0) is 16.5. The molecule has 2 atom stereocenters. The van der Waals surface area contributed by atoms with Crippen LogP contribution in [0.4, 0.5) is 0 Å². The molecule has 2 fully saturated rings. The van der Waals surface area contributed by atoms with Crippen LogP contribution in [0.1, 0.15) is 44.6 Å². The molecule has 0 bridgehead atoms. The van der Waals surface area contributed by atoms with E-state index in [0.717, 1.165) is 42.4 Å². The lowest BCUT2D eigenvalue weighted by Gasteiger charge is -2.34. The van der Waals surface area contributed by atoms with E-state index in [9.17, 15) is 4.79 Å². The summed E-state index contributed by atoms with van der Waals surface area (Å²) in [7, 11) is 4.42. The number of likely N-dealkylation sites (tertiary alicyclic amines) is 1. The molecule has 3 nitrogen and oxygen atoms in total. The molecule has 0 aromatic heterocycles. The maximum absolute atomic E-state index is 13.2. The molecule has 1 aliphatic carbocycles. The first kappa shape index (κ1) is 19.5. The average molecular weight is 396 g/mol. The highest BCUT2D eigenvalue weighted by Crippen LogP contribution is 2.43. The molecule has 0 spiro atoms. The van der Waals surface area contributed by atoms with Crippen molar-refractivity contribution in [3.63, 3.8) is 0 Å². The van der Waals surface area contributed by atoms with E-state index < -0.39 is 5.41 Å². The van der Waals surface area contributed by atoms with Crippen molar-refractivity contribution >= 4 is 5.97 Å². The topological polar surface area (TPSA) is 26.3 Å². The maximum Gasteiger partial charge on any atom is 0.317 e. The second-order valence-electron chi connectivity index (χ2n) is 8.21. The minimum absolute atomic E-state index is 0. The van der Waals surface area contributed by atoms with Gasteiger partial charge >= 0.3 is 5.97 Å². The van der Waals surface area contributed by atoms with Crippen molar-refractivity contribution in [1.82, 2.24) is 0 Å². The van der Waals surface area contributed by atoms with Crippen molar-refractivity contribution in [2.24, 2.45) is 5.92 Å². The van der Waals surface area contributed by atoms with E-state index in [4.69, 9.17) is 4.74 Å². The monoisotopic (exact) mass is 395 g/mol. The minimum Gasteiger partial charge on any atom is -1.00 e. The SMILES string of the molecule is CC(C(=O)O[C@@H]1CC[N+](C)(C)C1)(c1ccccc1)C1CCCC1.[Br-]. The van der Waals surface area contributed by atoms with Crippen LogP contribution in [0.25, 0.3) is 0 Å². The van der Waals surface area contributed by atoms with Crippen molar-refractivity contribution < 1.29 is 31.0 Å². The molecule has 4 heteroatoms. The smallest absolute Gasteiger partial charge is 0.317 e. The van der Waals surface area contributed by atoms with Crippen LogP contribution < -0.4 is 17.0 Å². The number of rotatable bonds is 4. The van der Waals surface area contributed by atoms with E-state index in [1.54, 1.807) is 0 Å². The van der Waals surface area contributed by atoms with E-state index >= 15 is 0 Å². The summed E-state index contributed by atoms with van der Waals surface area (Å²) in [6, 6.07) is 10.3. The van der Waals surface area contributed by atoms with Gasteiger partial charge < -0.3 is 26.2 Å². The Kier molecular flexibility index (Phi) is 6.14. The van der Waals surface area contributed by atoms with Gasteiger partial charge in [0.15, 0.2) is 6.10 Å². The number of nitrogens with zero attached hydrogens (tertiary/aromatic N) is 1. The molecule has 1 unspecified atom stereocenters. The van der Waals surface area contributed by atoms with Crippen LogP contribution in [0.15, 0.2) is 30.3 Å². The average Bonchev–Trinajstić information content (AvgIpc) is 3.17. The fourth-order valence-electron chi connectivity index (χ4n) is 4.41. The number of ether oxygens (including phenoxy) is 1. The molecule has 0 N–H and O–H groups in total. The van der Waals surface area contributed by atoms with Crippen molar-refractivity contribution in [2.45, 2.75) is 50.5 Å². The molecule has 134 valence electrons. The molecule has 1 aromatic rings. The number of benzene rings is 1. The van der Waals surface area contributed by atoms with Crippen LogP contribution in [0.2, 0.25) is 0 Å². The van der Waals surface area contributed by atoms with Gasteiger partial charge in [-0.2, -0.15) is 0 Å². The molecule has 1 heterocycles. The molecule has 0 amide bonds. The summed E-state index contributed by atoms with van der Waals surface area (Å²) in [6.07, 6.45) is 5.77. The Hall–Kier alpha value is -0.870. The second-order valence-corrected chi connectivity index (χ2v) is 8.21. The van der Waals surface area contributed by atoms with Crippen molar-refractivity contribution in [1.29, 1.82) is 0 Å². The maximum atomic E-state index is 13.2. The van der Waals surface area contributed by atoms with Gasteiger partial charge in [-0.25, -0.2) is 0 Å². The van der Waals surface area contributed by atoms with Gasteiger partial charge in [-0.15, -0.1) is 0 Å². The largest absolute Gasteiger partial charge is 1.00 e. The van der Waals surface area contributed by atoms with E-state index in [2.05, 4.69) is 33.2 Å². The van der Waals surface area contributed by atoms with E-state index in [0.29, 0.717) is 5.92 Å². The van der Waals surface area contributed by atoms with Crippen LogP contribution in [0, 0.1) is 5.92 Å². The summed E-state index contributed by atoms with van der Waals surface area (Å²) in [5.41, 5.74) is 0.612. The quantitative estimate of drug-likeness (QED) is 0.549. The van der Waals surface area contributed by atoms with Gasteiger partial charge in [0.25, 0.3) is 0 Å². The summed E-state index contributed by atoms with van der Waals surface area (Å²) in [6.45, 7) is 4.13. The number of carbonyl (C=O) groups excluding carboxylic acids is 1. The Balaban J connectivity index is 0.00000208. The first-order valence-electron chi connectivity index (χ1n) is 9.00. The lowest BCUT2D eigenvalue weighted by atomic mass is 9.71. The van der Waals surface area contributed by atoms with Gasteiger partial charge in [0.1, 0.15) is 6.54 Å². The predicted molar refractivity (Wildman–Crippen MR) is 92.1 cm³/mol. The van der Waals surface area contributed by atoms with Crippen LogP contribution in [0.5, 0.6) is 0 Å². The molecule has 3 rings (SSSR count). The molecule has 0 radical (unpaired) electrons. The van der Waals surface area contributed by atoms with Gasteiger partial charge in [0.05, 0.1) is 26.1 Å². The third-order valence-electron chi connectivity index (χ3n) is 6.00. The van der Waals surface area contributed by atoms with E-state index in [1.165, 1.54) is 12.8 Å². The first-order valence-corrected chi connectivity index (χ1v) is 9.00. The Labute approximate surface area is 156 Å². The molecule has 1 saturated heterocycles. The van der Waals surface area contributed by atoms with Crippen LogP contribution >= 0.6 is 0 Å². The summed E-state index contributed by atoms with van der Waals surface area (Å²) < 4.78 is 6.97. The zero-order valence-corrected chi connectivity index (χ0v) is 16.7. The minimum atomic E-state index is -0.502. The highest BCUT2D eigenvalue weighted by Gasteiger charge is 2.47. The first-order chi connectivity index (χ1) is 10.9. The number of carbonyl (C=O) groups is 1. The Morgan fingerprint density at radius 2 is 1.75 bits per heavy atom. The summed E-state index contributed by atoms with van der Waals surface area (Å²) in [5.74, 6) is 0.392. The van der Waals surface area contributed by atoms with Crippen LogP contribution in [0.3, 0.4) is 0 Å². The number of hydrogen-bond donors (Lipinski definition) is 0. The third kappa shape index (κ3) is 3.85. The fraction of sp³-hybridized carbons (Fsp3) is 0.650. The van der Waals surface area contributed by atoms with Crippen molar-refractivity contribution in [3.8, 4) is 0 Å². The number of quaternary nitrogens is 1. The van der Waals surface area contributed by atoms with Crippen LogP contribution in [-0.2, 0) is 14.9 Å². The van der Waals surface area contributed by atoms with Crippen molar-refractivity contribution in [3.05, 3.63) is 35.9 Å². The highest BCUT2D eigenvalue weighted by atomic mass is 79.9. The zero-order valence-electron chi connectivity index (χ0n) is 15.1. The van der Waals surface area contributed by atoms with E-state index in [-0.39, 0.29) is 29.1 Å². The predicted octanol–water partition coefficient (Wildman–Crippen LogP) is 0.530. The number of halogens is 1. The second kappa shape index (κ2) is 7.57. The summed E-state index contributed by atoms with van der Waals surface area (Å²) in [4.78, 5) is 13.2. The Bertz CT molecular complexity index is 554. The molecule has 1 saturated carbocycles. The molecule has 24 heavy (non-hydrogen) atoms. The standard InChI is InChI=1S/C20H30NO2.BrH/c1-20(17-11-7-8-12-17,16-9-5-4-6-10-16)19(22)23-18-13-14-21(2,3)15-18;/h4-6,9-10,17-18H,7-8,11-15H2,1-3H3;1H/q+1;/p-1/t18-,20?;/m1./s1. The third-order valence-corrected chi connectivity index (χ3v) is 6.00. The highest BCUT2D eigenvalue weighted by molar-refractivity contribution is 5.83. The number of esters is 1. The van der Waals surface area contributed by atoms with Gasteiger partial charge in [-0.3, -0.25) is 4.79 Å². The van der Waals surface area contributed by atoms with Gasteiger partial charge in [0.2, 0.25) is 0 Å². The Morgan fingerprint density at radius 1 is 1.12 bits per heavy atom. The van der Waals surface area contributed by atoms with Crippen LogP contribution in [-0.4, -0.2) is 43.7 Å². The lowest BCUT2D eigenvalue weighted by Crippen LogP contribution is -3.00. The van der Waals surface area contributed by atoms with E-state index in [1.807, 2.05) is 18.2 Å². The van der Waals surface area contributed by atoms with Gasteiger partial charge in [-0.05, 0) is 31.2 Å². The summed E-state index contributed by atoms with van der Waals surface area (Å²) in [5, 5.41) is 0. The molecule has 1 aliphatic heterocycles. The lowest BCUT2D eigenvalue weighted by molar-refractivity contribution is -0.879. The molecular weight excluding hydrogens is 366 g/mol. The van der Waals surface area contributed by atoms with Crippen molar-refractivity contribution in [2.75, 3.05) is 27.2 Å². The summed E-state index contributed by atoms with van der Waals surface area (Å²) >= 11 is 0. The number of hydrogen-bond acceptors (Lipinski definition) is 2. The van der Waals surface area contributed by atoms with Gasteiger partial charge in [0, 0.05) is 6.42 Å². The molecule has 1 aromatic carbocycles.